The van der Waals surface area contributed by atoms with E-state index in [0.29, 0.717) is 23.0 Å². The van der Waals surface area contributed by atoms with Gasteiger partial charge in [-0.25, -0.2) is 9.18 Å². The van der Waals surface area contributed by atoms with Crippen molar-refractivity contribution in [1.82, 2.24) is 4.90 Å². The van der Waals surface area contributed by atoms with E-state index in [2.05, 4.69) is 15.9 Å². The zero-order valence-corrected chi connectivity index (χ0v) is 15.9. The zero-order valence-electron chi connectivity index (χ0n) is 14.3. The number of amides is 1. The Morgan fingerprint density at radius 2 is 2.12 bits per heavy atom. The summed E-state index contributed by atoms with van der Waals surface area (Å²) in [4.78, 5) is 14.3. The summed E-state index contributed by atoms with van der Waals surface area (Å²) in [6, 6.07) is 4.82. The van der Waals surface area contributed by atoms with Crippen molar-refractivity contribution in [3.63, 3.8) is 0 Å². The monoisotopic (exact) mass is 398 g/mol. The van der Waals surface area contributed by atoms with E-state index in [-0.39, 0.29) is 29.4 Å². The van der Waals surface area contributed by atoms with Gasteiger partial charge < -0.3 is 15.4 Å². The standard InChI is InChI=1S/C18H24BrFN2O2/c1-17(2,3)24-16(23)22-10-18(7-8-18)15(21)13(22)9-11-5-4-6-12(19)14(11)20/h4-6,13,15H,7-10,21H2,1-3H3/t13-,15+/m0/s1. The van der Waals surface area contributed by atoms with E-state index in [1.54, 1.807) is 23.1 Å². The number of benzene rings is 1. The van der Waals surface area contributed by atoms with Crippen molar-refractivity contribution in [3.05, 3.63) is 34.1 Å². The van der Waals surface area contributed by atoms with Crippen LogP contribution in [-0.4, -0.2) is 35.2 Å². The second kappa shape index (κ2) is 5.99. The maximum Gasteiger partial charge on any atom is 0.410 e. The Kier molecular flexibility index (Phi) is 4.41. The minimum absolute atomic E-state index is 0.00986. The summed E-state index contributed by atoms with van der Waals surface area (Å²) in [6.45, 7) is 6.13. The lowest BCUT2D eigenvalue weighted by Gasteiger charge is -2.30. The maximum absolute atomic E-state index is 14.4. The Bertz CT molecular complexity index is 655. The largest absolute Gasteiger partial charge is 0.444 e. The highest BCUT2D eigenvalue weighted by Gasteiger charge is 2.59. The van der Waals surface area contributed by atoms with Crippen LogP contribution >= 0.6 is 15.9 Å². The van der Waals surface area contributed by atoms with Crippen LogP contribution in [0.4, 0.5) is 9.18 Å². The Labute approximate surface area is 150 Å². The molecular weight excluding hydrogens is 375 g/mol. The van der Waals surface area contributed by atoms with Gasteiger partial charge in [-0.2, -0.15) is 0 Å². The number of likely N-dealkylation sites (tertiary alicyclic amines) is 1. The smallest absolute Gasteiger partial charge is 0.410 e. The van der Waals surface area contributed by atoms with E-state index in [4.69, 9.17) is 10.5 Å². The number of hydrogen-bond acceptors (Lipinski definition) is 3. The van der Waals surface area contributed by atoms with E-state index in [1.807, 2.05) is 20.8 Å². The van der Waals surface area contributed by atoms with Crippen molar-refractivity contribution in [3.8, 4) is 0 Å². The Morgan fingerprint density at radius 1 is 1.46 bits per heavy atom. The fourth-order valence-corrected chi connectivity index (χ4v) is 3.91. The van der Waals surface area contributed by atoms with Crippen molar-refractivity contribution >= 4 is 22.0 Å². The molecule has 0 aromatic heterocycles. The molecule has 1 saturated carbocycles. The minimum atomic E-state index is -0.563. The molecule has 1 amide bonds. The van der Waals surface area contributed by atoms with Crippen LogP contribution in [-0.2, 0) is 11.2 Å². The first-order valence-electron chi connectivity index (χ1n) is 8.31. The highest BCUT2D eigenvalue weighted by Crippen LogP contribution is 2.54. The molecule has 4 nitrogen and oxygen atoms in total. The summed E-state index contributed by atoms with van der Waals surface area (Å²) in [7, 11) is 0. The van der Waals surface area contributed by atoms with E-state index in [0.717, 1.165) is 12.8 Å². The van der Waals surface area contributed by atoms with Crippen LogP contribution in [0, 0.1) is 11.2 Å². The van der Waals surface area contributed by atoms with Gasteiger partial charge in [-0.3, -0.25) is 0 Å². The Balaban J connectivity index is 1.85. The highest BCUT2D eigenvalue weighted by molar-refractivity contribution is 9.10. The average molecular weight is 399 g/mol. The molecule has 2 atom stereocenters. The number of carbonyl (C=O) groups excluding carboxylic acids is 1. The molecule has 0 bridgehead atoms. The molecule has 0 radical (unpaired) electrons. The number of rotatable bonds is 2. The van der Waals surface area contributed by atoms with Crippen LogP contribution in [0.1, 0.15) is 39.2 Å². The molecule has 24 heavy (non-hydrogen) atoms. The number of nitrogens with zero attached hydrogens (tertiary/aromatic N) is 1. The van der Waals surface area contributed by atoms with Gasteiger partial charge in [-0.15, -0.1) is 0 Å². The first-order valence-corrected chi connectivity index (χ1v) is 9.10. The SMILES string of the molecule is CC(C)(C)OC(=O)N1CC2(CC2)[C@H](N)[C@@H]1Cc1cccc(Br)c1F. The van der Waals surface area contributed by atoms with Gasteiger partial charge in [0.1, 0.15) is 11.4 Å². The molecule has 132 valence electrons. The van der Waals surface area contributed by atoms with Gasteiger partial charge in [-0.1, -0.05) is 12.1 Å². The van der Waals surface area contributed by atoms with E-state index >= 15 is 0 Å². The van der Waals surface area contributed by atoms with Crippen LogP contribution in [0.25, 0.3) is 0 Å². The highest BCUT2D eigenvalue weighted by atomic mass is 79.9. The molecule has 6 heteroatoms. The second-order valence-electron chi connectivity index (χ2n) is 7.98. The molecular formula is C18H24BrFN2O2. The molecule has 1 aliphatic carbocycles. The number of carbonyl (C=O) groups is 1. The Morgan fingerprint density at radius 3 is 2.71 bits per heavy atom. The van der Waals surface area contributed by atoms with Gasteiger partial charge in [0.25, 0.3) is 0 Å². The first kappa shape index (κ1) is 17.7. The summed E-state index contributed by atoms with van der Waals surface area (Å²) < 4.78 is 20.3. The molecule has 2 aliphatic rings. The van der Waals surface area contributed by atoms with Gasteiger partial charge in [0, 0.05) is 18.0 Å². The predicted octanol–water partition coefficient (Wildman–Crippen LogP) is 3.86. The molecule has 1 aromatic carbocycles. The fraction of sp³-hybridized carbons (Fsp3) is 0.611. The lowest BCUT2D eigenvalue weighted by atomic mass is 9.92. The molecule has 1 aliphatic heterocycles. The molecule has 1 saturated heterocycles. The van der Waals surface area contributed by atoms with E-state index < -0.39 is 5.60 Å². The lowest BCUT2D eigenvalue weighted by Crippen LogP contribution is -2.46. The molecule has 0 unspecified atom stereocenters. The van der Waals surface area contributed by atoms with Gasteiger partial charge in [0.2, 0.25) is 0 Å². The van der Waals surface area contributed by atoms with Crippen molar-refractivity contribution in [2.75, 3.05) is 6.54 Å². The average Bonchev–Trinajstić information content (AvgIpc) is 3.20. The lowest BCUT2D eigenvalue weighted by molar-refractivity contribution is 0.0215. The van der Waals surface area contributed by atoms with E-state index in [1.165, 1.54) is 0 Å². The fourth-order valence-electron chi connectivity index (χ4n) is 3.50. The van der Waals surface area contributed by atoms with Gasteiger partial charge in [0.05, 0.1) is 10.5 Å². The quantitative estimate of drug-likeness (QED) is 0.822. The van der Waals surface area contributed by atoms with Crippen molar-refractivity contribution < 1.29 is 13.9 Å². The summed E-state index contributed by atoms with van der Waals surface area (Å²) >= 11 is 3.22. The third-order valence-corrected chi connectivity index (χ3v) is 5.60. The zero-order chi connectivity index (χ0) is 17.7. The van der Waals surface area contributed by atoms with Crippen molar-refractivity contribution in [1.29, 1.82) is 0 Å². The van der Waals surface area contributed by atoms with Crippen molar-refractivity contribution in [2.24, 2.45) is 11.1 Å². The number of halogens is 2. The normalized spacial score (nSPS) is 25.2. The summed E-state index contributed by atoms with van der Waals surface area (Å²) in [5.74, 6) is -0.286. The van der Waals surface area contributed by atoms with Crippen LogP contribution in [0.15, 0.2) is 22.7 Å². The first-order chi connectivity index (χ1) is 11.1. The summed E-state index contributed by atoms with van der Waals surface area (Å²) in [5.41, 5.74) is 6.46. The molecule has 2 N–H and O–H groups in total. The number of ether oxygens (including phenoxy) is 1. The van der Waals surface area contributed by atoms with Gasteiger partial charge in [0.15, 0.2) is 0 Å². The van der Waals surface area contributed by atoms with Crippen LogP contribution in [0.3, 0.4) is 0 Å². The maximum atomic E-state index is 14.4. The van der Waals surface area contributed by atoms with E-state index in [9.17, 15) is 9.18 Å². The second-order valence-corrected chi connectivity index (χ2v) is 8.84. The van der Waals surface area contributed by atoms with Gasteiger partial charge >= 0.3 is 6.09 Å². The summed E-state index contributed by atoms with van der Waals surface area (Å²) in [5, 5.41) is 0. The molecule has 1 heterocycles. The predicted molar refractivity (Wildman–Crippen MR) is 94.2 cm³/mol. The molecule has 1 aromatic rings. The minimum Gasteiger partial charge on any atom is -0.444 e. The topological polar surface area (TPSA) is 55.6 Å². The number of hydrogen-bond donors (Lipinski definition) is 1. The van der Waals surface area contributed by atoms with Crippen LogP contribution < -0.4 is 5.73 Å². The van der Waals surface area contributed by atoms with Gasteiger partial charge in [-0.05, 0) is 67.6 Å². The van der Waals surface area contributed by atoms with Crippen molar-refractivity contribution in [2.45, 2.75) is 57.7 Å². The van der Waals surface area contributed by atoms with Crippen LogP contribution in [0.2, 0.25) is 0 Å². The third-order valence-electron chi connectivity index (χ3n) is 4.99. The Hall–Kier alpha value is -1.14. The summed E-state index contributed by atoms with van der Waals surface area (Å²) in [6.07, 6.45) is 2.07. The molecule has 2 fully saturated rings. The third kappa shape index (κ3) is 3.31. The molecule has 3 rings (SSSR count). The molecule has 1 spiro atoms. The number of nitrogens with two attached hydrogens (primary N) is 1. The van der Waals surface area contributed by atoms with Crippen LogP contribution in [0.5, 0.6) is 0 Å².